The fourth-order valence-electron chi connectivity index (χ4n) is 1.79. The van der Waals surface area contributed by atoms with Crippen molar-refractivity contribution < 1.29 is 18.3 Å². The maximum Gasteiger partial charge on any atom is 0.318 e. The average Bonchev–Trinajstić information content (AvgIpc) is 2.37. The molecule has 1 rings (SSSR count). The second kappa shape index (κ2) is 7.24. The molecule has 1 aromatic rings. The minimum atomic E-state index is -3.87. The molecule has 6 nitrogen and oxygen atoms in total. The van der Waals surface area contributed by atoms with E-state index < -0.39 is 22.5 Å². The van der Waals surface area contributed by atoms with E-state index in [1.807, 2.05) is 0 Å². The Labute approximate surface area is 133 Å². The molecule has 0 unspecified atom stereocenters. The van der Waals surface area contributed by atoms with Gasteiger partial charge in [0.1, 0.15) is 6.54 Å². The minimum Gasteiger partial charge on any atom is -0.480 e. The third kappa shape index (κ3) is 4.42. The van der Waals surface area contributed by atoms with E-state index in [2.05, 4.69) is 15.9 Å². The summed E-state index contributed by atoms with van der Waals surface area (Å²) < 4.78 is 26.7. The minimum absolute atomic E-state index is 0.0726. The van der Waals surface area contributed by atoms with Gasteiger partial charge in [-0.15, -0.1) is 0 Å². The summed E-state index contributed by atoms with van der Waals surface area (Å²) in [5.74, 6) is -1.17. The van der Waals surface area contributed by atoms with Crippen LogP contribution >= 0.6 is 15.9 Å². The van der Waals surface area contributed by atoms with E-state index >= 15 is 0 Å². The van der Waals surface area contributed by atoms with Crippen molar-refractivity contribution >= 4 is 37.6 Å². The zero-order valence-electron chi connectivity index (χ0n) is 12.2. The molecule has 0 spiro atoms. The van der Waals surface area contributed by atoms with E-state index in [9.17, 15) is 13.2 Å². The van der Waals surface area contributed by atoms with E-state index in [0.717, 1.165) is 9.99 Å². The Morgan fingerprint density at radius 3 is 2.43 bits per heavy atom. The second-order valence-corrected chi connectivity index (χ2v) is 7.50. The van der Waals surface area contributed by atoms with Gasteiger partial charge in [0.25, 0.3) is 0 Å². The van der Waals surface area contributed by atoms with Crippen molar-refractivity contribution in [2.24, 2.45) is 0 Å². The molecule has 0 aliphatic heterocycles. The molecular weight excluding hydrogens is 360 g/mol. The number of carboxylic acid groups (broad SMARTS) is 1. The van der Waals surface area contributed by atoms with Crippen LogP contribution in [0.4, 0.5) is 5.69 Å². The fraction of sp³-hybridized carbons (Fsp3) is 0.462. The molecule has 1 aromatic carbocycles. The number of hydrogen-bond donors (Lipinski definition) is 1. The van der Waals surface area contributed by atoms with Crippen LogP contribution < -0.4 is 4.90 Å². The highest BCUT2D eigenvalue weighted by Crippen LogP contribution is 2.29. The van der Waals surface area contributed by atoms with Gasteiger partial charge in [-0.3, -0.25) is 4.79 Å². The molecule has 0 radical (unpaired) electrons. The van der Waals surface area contributed by atoms with Crippen LogP contribution in [0.2, 0.25) is 0 Å². The molecule has 0 saturated carbocycles. The number of aliphatic carboxylic acids is 1. The van der Waals surface area contributed by atoms with Crippen molar-refractivity contribution in [3.8, 4) is 0 Å². The largest absolute Gasteiger partial charge is 0.480 e. The van der Waals surface area contributed by atoms with Gasteiger partial charge < -0.3 is 10.0 Å². The number of rotatable bonds is 7. The Morgan fingerprint density at radius 1 is 1.33 bits per heavy atom. The summed E-state index contributed by atoms with van der Waals surface area (Å²) >= 11 is 3.23. The first kappa shape index (κ1) is 17.9. The number of halogens is 1. The molecule has 0 aliphatic rings. The van der Waals surface area contributed by atoms with Gasteiger partial charge in [0.2, 0.25) is 10.0 Å². The smallest absolute Gasteiger partial charge is 0.318 e. The number of carboxylic acids is 1. The van der Waals surface area contributed by atoms with Gasteiger partial charge in [0.15, 0.2) is 0 Å². The highest BCUT2D eigenvalue weighted by molar-refractivity contribution is 9.10. The zero-order valence-corrected chi connectivity index (χ0v) is 14.6. The number of hydrogen-bond acceptors (Lipinski definition) is 4. The van der Waals surface area contributed by atoms with E-state index in [-0.39, 0.29) is 11.4 Å². The van der Waals surface area contributed by atoms with Crippen LogP contribution in [0.3, 0.4) is 0 Å². The number of nitrogens with zero attached hydrogens (tertiary/aromatic N) is 2. The monoisotopic (exact) mass is 378 g/mol. The van der Waals surface area contributed by atoms with Crippen LogP contribution in [0.5, 0.6) is 0 Å². The van der Waals surface area contributed by atoms with Crippen LogP contribution in [0.25, 0.3) is 0 Å². The lowest BCUT2D eigenvalue weighted by Crippen LogP contribution is -2.36. The van der Waals surface area contributed by atoms with E-state index in [1.54, 1.807) is 38.1 Å². The highest BCUT2D eigenvalue weighted by atomic mass is 79.9. The van der Waals surface area contributed by atoms with Crippen LogP contribution in [0, 0.1) is 0 Å². The first-order valence-corrected chi connectivity index (χ1v) is 8.62. The van der Waals surface area contributed by atoms with E-state index in [0.29, 0.717) is 10.9 Å². The standard InChI is InChI=1S/C13H19BrN2O4S/c1-4-7-16(9-13(17)18)21(19,20)12-8-10(15(2)3)5-6-11(12)14/h5-6,8H,4,7,9H2,1-3H3,(H,17,18). The SMILES string of the molecule is CCCN(CC(=O)O)S(=O)(=O)c1cc(N(C)C)ccc1Br. The number of anilines is 1. The molecule has 1 N–H and O–H groups in total. The Morgan fingerprint density at radius 2 is 1.95 bits per heavy atom. The van der Waals surface area contributed by atoms with Gasteiger partial charge in [-0.1, -0.05) is 6.92 Å². The Hall–Kier alpha value is -1.12. The van der Waals surface area contributed by atoms with E-state index in [1.165, 1.54) is 6.07 Å². The topological polar surface area (TPSA) is 77.9 Å². The molecule has 0 atom stereocenters. The molecule has 0 bridgehead atoms. The molecular formula is C13H19BrN2O4S. The lowest BCUT2D eigenvalue weighted by molar-refractivity contribution is -0.137. The van der Waals surface area contributed by atoms with Gasteiger partial charge in [0, 0.05) is 30.8 Å². The summed E-state index contributed by atoms with van der Waals surface area (Å²) in [6.07, 6.45) is 0.539. The maximum atomic E-state index is 12.7. The maximum absolute atomic E-state index is 12.7. The van der Waals surface area contributed by atoms with Crippen LogP contribution in [0.15, 0.2) is 27.6 Å². The van der Waals surface area contributed by atoms with E-state index in [4.69, 9.17) is 5.11 Å². The van der Waals surface area contributed by atoms with Crippen molar-refractivity contribution in [2.45, 2.75) is 18.2 Å². The van der Waals surface area contributed by atoms with Crippen molar-refractivity contribution in [1.29, 1.82) is 0 Å². The molecule has 0 amide bonds. The molecule has 0 fully saturated rings. The first-order chi connectivity index (χ1) is 9.70. The summed E-state index contributed by atoms with van der Waals surface area (Å²) in [6.45, 7) is 1.41. The molecule has 118 valence electrons. The van der Waals surface area contributed by atoms with Gasteiger partial charge in [-0.25, -0.2) is 8.42 Å². The fourth-order valence-corrected chi connectivity index (χ4v) is 4.22. The molecule has 0 aromatic heterocycles. The van der Waals surface area contributed by atoms with Gasteiger partial charge in [-0.05, 0) is 40.5 Å². The lowest BCUT2D eigenvalue weighted by atomic mass is 10.3. The molecule has 0 heterocycles. The third-order valence-electron chi connectivity index (χ3n) is 2.83. The summed E-state index contributed by atoms with van der Waals surface area (Å²) in [6, 6.07) is 4.96. The van der Waals surface area contributed by atoms with Crippen molar-refractivity contribution in [3.05, 3.63) is 22.7 Å². The second-order valence-electron chi connectivity index (χ2n) is 4.74. The predicted octanol–water partition coefficient (Wildman–Crippen LogP) is 2.00. The van der Waals surface area contributed by atoms with Crippen molar-refractivity contribution in [3.63, 3.8) is 0 Å². The zero-order chi connectivity index (χ0) is 16.2. The lowest BCUT2D eigenvalue weighted by Gasteiger charge is -2.22. The van der Waals surface area contributed by atoms with Crippen LogP contribution in [0.1, 0.15) is 13.3 Å². The predicted molar refractivity (Wildman–Crippen MR) is 85.2 cm³/mol. The third-order valence-corrected chi connectivity index (χ3v) is 5.67. The van der Waals surface area contributed by atoms with Gasteiger partial charge in [0.05, 0.1) is 4.90 Å². The Balaban J connectivity index is 3.32. The molecule has 0 aliphatic carbocycles. The van der Waals surface area contributed by atoms with Crippen LogP contribution in [-0.4, -0.2) is 51.0 Å². The summed E-state index contributed by atoms with van der Waals surface area (Å²) in [5.41, 5.74) is 0.726. The number of benzene rings is 1. The normalized spacial score (nSPS) is 11.7. The number of carbonyl (C=O) groups is 1. The van der Waals surface area contributed by atoms with Crippen molar-refractivity contribution in [1.82, 2.24) is 4.31 Å². The summed E-state index contributed by atoms with van der Waals surface area (Å²) in [7, 11) is -0.254. The summed E-state index contributed by atoms with van der Waals surface area (Å²) in [4.78, 5) is 12.8. The Bertz CT molecular complexity index is 617. The number of sulfonamides is 1. The molecule has 21 heavy (non-hydrogen) atoms. The first-order valence-electron chi connectivity index (χ1n) is 6.39. The average molecular weight is 379 g/mol. The van der Waals surface area contributed by atoms with Gasteiger partial charge in [-0.2, -0.15) is 4.31 Å². The van der Waals surface area contributed by atoms with Crippen molar-refractivity contribution in [2.75, 3.05) is 32.1 Å². The Kier molecular flexibility index (Phi) is 6.18. The quantitative estimate of drug-likeness (QED) is 0.784. The highest BCUT2D eigenvalue weighted by Gasteiger charge is 2.28. The van der Waals surface area contributed by atoms with Crippen LogP contribution in [-0.2, 0) is 14.8 Å². The van der Waals surface area contributed by atoms with Gasteiger partial charge >= 0.3 is 5.97 Å². The molecule has 0 saturated heterocycles. The summed E-state index contributed by atoms with van der Waals surface area (Å²) in [5, 5.41) is 8.91. The molecule has 8 heteroatoms.